The van der Waals surface area contributed by atoms with E-state index in [2.05, 4.69) is 44.3 Å². The minimum atomic E-state index is 0.348. The third-order valence-corrected chi connectivity index (χ3v) is 2.86. The molecule has 0 spiro atoms. The predicted octanol–water partition coefficient (Wildman–Crippen LogP) is 1.45. The number of nitrogens with one attached hydrogen (secondary N) is 2. The van der Waals surface area contributed by atoms with Crippen LogP contribution in [0.5, 0.6) is 6.01 Å². The van der Waals surface area contributed by atoms with Gasteiger partial charge in [0.1, 0.15) is 0 Å². The normalized spacial score (nSPS) is 12.3. The highest BCUT2D eigenvalue weighted by Crippen LogP contribution is 2.11. The third-order valence-electron chi connectivity index (χ3n) is 2.86. The molecule has 1 atom stereocenters. The lowest BCUT2D eigenvalue weighted by atomic mass is 10.3. The molecule has 20 heavy (non-hydrogen) atoms. The van der Waals surface area contributed by atoms with Gasteiger partial charge in [-0.15, -0.1) is 0 Å². The first-order valence-electron chi connectivity index (χ1n) is 7.09. The zero-order valence-corrected chi connectivity index (χ0v) is 13.1. The minimum Gasteiger partial charge on any atom is -0.464 e. The minimum absolute atomic E-state index is 0.348. The molecular formula is C13H26N6O. The van der Waals surface area contributed by atoms with Crippen molar-refractivity contribution in [2.75, 3.05) is 44.4 Å². The van der Waals surface area contributed by atoms with Crippen LogP contribution in [-0.2, 0) is 0 Å². The van der Waals surface area contributed by atoms with E-state index in [1.165, 1.54) is 0 Å². The summed E-state index contributed by atoms with van der Waals surface area (Å²) in [6, 6.07) is 0.732. The molecule has 0 radical (unpaired) electrons. The number of likely N-dealkylation sites (N-methyl/N-ethyl adjacent to an activating group) is 1. The van der Waals surface area contributed by atoms with Gasteiger partial charge in [-0.25, -0.2) is 0 Å². The van der Waals surface area contributed by atoms with Gasteiger partial charge in [0.2, 0.25) is 11.9 Å². The van der Waals surface area contributed by atoms with Crippen molar-refractivity contribution in [3.63, 3.8) is 0 Å². The van der Waals surface area contributed by atoms with Crippen LogP contribution in [0.25, 0.3) is 0 Å². The zero-order valence-electron chi connectivity index (χ0n) is 13.1. The highest BCUT2D eigenvalue weighted by molar-refractivity contribution is 5.35. The maximum absolute atomic E-state index is 5.37. The Hall–Kier alpha value is -1.63. The second-order valence-electron chi connectivity index (χ2n) is 4.82. The summed E-state index contributed by atoms with van der Waals surface area (Å²) < 4.78 is 5.37. The summed E-state index contributed by atoms with van der Waals surface area (Å²) in [5.41, 5.74) is 0. The average molecular weight is 282 g/mol. The lowest BCUT2D eigenvalue weighted by Gasteiger charge is -2.20. The summed E-state index contributed by atoms with van der Waals surface area (Å²) in [6.07, 6.45) is 1.01. The molecule has 1 unspecified atom stereocenters. The highest BCUT2D eigenvalue weighted by atomic mass is 16.5. The number of rotatable bonds is 9. The van der Waals surface area contributed by atoms with Crippen molar-refractivity contribution >= 4 is 11.9 Å². The topological polar surface area (TPSA) is 75.2 Å². The first-order chi connectivity index (χ1) is 9.56. The number of nitrogens with zero attached hydrogens (tertiary/aromatic N) is 4. The molecule has 1 aromatic rings. The van der Waals surface area contributed by atoms with Crippen LogP contribution in [0.4, 0.5) is 11.9 Å². The third kappa shape index (κ3) is 5.56. The first kappa shape index (κ1) is 16.4. The molecule has 0 bridgehead atoms. The van der Waals surface area contributed by atoms with Gasteiger partial charge in [0, 0.05) is 19.1 Å². The van der Waals surface area contributed by atoms with E-state index in [-0.39, 0.29) is 0 Å². The summed E-state index contributed by atoms with van der Waals surface area (Å²) in [5, 5.41) is 6.37. The Morgan fingerprint density at radius 1 is 1.10 bits per heavy atom. The van der Waals surface area contributed by atoms with Crippen LogP contribution < -0.4 is 15.4 Å². The molecule has 0 saturated heterocycles. The van der Waals surface area contributed by atoms with Crippen molar-refractivity contribution in [2.45, 2.75) is 33.2 Å². The summed E-state index contributed by atoms with van der Waals surface area (Å²) in [4.78, 5) is 14.9. The van der Waals surface area contributed by atoms with Gasteiger partial charge in [0.25, 0.3) is 0 Å². The van der Waals surface area contributed by atoms with E-state index in [0.29, 0.717) is 30.6 Å². The molecule has 1 heterocycles. The van der Waals surface area contributed by atoms with Crippen molar-refractivity contribution in [3.8, 4) is 6.01 Å². The summed E-state index contributed by atoms with van der Waals surface area (Å²) >= 11 is 0. The van der Waals surface area contributed by atoms with Crippen LogP contribution in [0.3, 0.4) is 0 Å². The van der Waals surface area contributed by atoms with Crippen molar-refractivity contribution in [1.29, 1.82) is 0 Å². The molecule has 0 fully saturated rings. The molecule has 0 aliphatic carbocycles. The van der Waals surface area contributed by atoms with E-state index >= 15 is 0 Å². The molecule has 0 amide bonds. The van der Waals surface area contributed by atoms with E-state index in [1.807, 2.05) is 21.0 Å². The maximum atomic E-state index is 5.37. The van der Waals surface area contributed by atoms with E-state index in [1.54, 1.807) is 0 Å². The van der Waals surface area contributed by atoms with Gasteiger partial charge in [0.05, 0.1) is 6.61 Å². The molecule has 2 N–H and O–H groups in total. The Balaban J connectivity index is 2.74. The van der Waals surface area contributed by atoms with Crippen molar-refractivity contribution < 1.29 is 4.74 Å². The zero-order chi connectivity index (χ0) is 15.0. The fraction of sp³-hybridized carbons (Fsp3) is 0.769. The van der Waals surface area contributed by atoms with Gasteiger partial charge in [-0.05, 0) is 34.4 Å². The SMILES string of the molecule is CCCNc1nc(NCC(C)N(C)C)nc(OCC)n1. The molecule has 114 valence electrons. The monoisotopic (exact) mass is 282 g/mol. The first-order valence-corrected chi connectivity index (χ1v) is 7.09. The smallest absolute Gasteiger partial charge is 0.323 e. The Kier molecular flexibility index (Phi) is 7.00. The van der Waals surface area contributed by atoms with E-state index in [9.17, 15) is 0 Å². The van der Waals surface area contributed by atoms with Gasteiger partial charge >= 0.3 is 6.01 Å². The van der Waals surface area contributed by atoms with Gasteiger partial charge in [0.15, 0.2) is 0 Å². The molecule has 0 saturated carbocycles. The van der Waals surface area contributed by atoms with Crippen LogP contribution in [0, 0.1) is 0 Å². The molecule has 7 nitrogen and oxygen atoms in total. The Labute approximate surface area is 121 Å². The molecule has 0 aliphatic rings. The molecule has 0 aromatic carbocycles. The predicted molar refractivity (Wildman–Crippen MR) is 81.4 cm³/mol. The summed E-state index contributed by atoms with van der Waals surface area (Å²) in [5.74, 6) is 1.08. The Morgan fingerprint density at radius 3 is 2.30 bits per heavy atom. The average Bonchev–Trinajstić information content (AvgIpc) is 2.42. The van der Waals surface area contributed by atoms with Gasteiger partial charge < -0.3 is 20.3 Å². The van der Waals surface area contributed by atoms with Crippen molar-refractivity contribution in [2.24, 2.45) is 0 Å². The molecule has 7 heteroatoms. The van der Waals surface area contributed by atoms with E-state index in [0.717, 1.165) is 19.5 Å². The fourth-order valence-electron chi connectivity index (χ4n) is 1.37. The van der Waals surface area contributed by atoms with Gasteiger partial charge in [-0.3, -0.25) is 0 Å². The fourth-order valence-corrected chi connectivity index (χ4v) is 1.37. The van der Waals surface area contributed by atoms with Crippen LogP contribution in [-0.4, -0.2) is 59.7 Å². The molecule has 1 rings (SSSR count). The second kappa shape index (κ2) is 8.52. The molecular weight excluding hydrogens is 256 g/mol. The standard InChI is InChI=1S/C13H26N6O/c1-6-8-14-11-16-12(15-9-10(3)19(4)5)18-13(17-11)20-7-2/h10H,6-9H2,1-5H3,(H2,14,15,16,17,18). The molecule has 1 aromatic heterocycles. The van der Waals surface area contributed by atoms with Crippen LogP contribution in [0.1, 0.15) is 27.2 Å². The number of hydrogen-bond acceptors (Lipinski definition) is 7. The lowest BCUT2D eigenvalue weighted by Crippen LogP contribution is -2.32. The second-order valence-corrected chi connectivity index (χ2v) is 4.82. The maximum Gasteiger partial charge on any atom is 0.323 e. The summed E-state index contributed by atoms with van der Waals surface area (Å²) in [6.45, 7) is 8.25. The van der Waals surface area contributed by atoms with Gasteiger partial charge in [-0.2, -0.15) is 15.0 Å². The van der Waals surface area contributed by atoms with E-state index < -0.39 is 0 Å². The van der Waals surface area contributed by atoms with Crippen molar-refractivity contribution in [3.05, 3.63) is 0 Å². The van der Waals surface area contributed by atoms with Gasteiger partial charge in [-0.1, -0.05) is 6.92 Å². The number of anilines is 2. The Bertz CT molecular complexity index is 398. The largest absolute Gasteiger partial charge is 0.464 e. The van der Waals surface area contributed by atoms with Crippen LogP contribution in [0.15, 0.2) is 0 Å². The summed E-state index contributed by atoms with van der Waals surface area (Å²) in [7, 11) is 4.08. The number of aromatic nitrogens is 3. The lowest BCUT2D eigenvalue weighted by molar-refractivity contribution is 0.311. The number of ether oxygens (including phenoxy) is 1. The van der Waals surface area contributed by atoms with E-state index in [4.69, 9.17) is 4.74 Å². The van der Waals surface area contributed by atoms with Crippen LogP contribution in [0.2, 0.25) is 0 Å². The number of hydrogen-bond donors (Lipinski definition) is 2. The highest BCUT2D eigenvalue weighted by Gasteiger charge is 2.09. The molecule has 0 aliphatic heterocycles. The Morgan fingerprint density at radius 2 is 1.75 bits per heavy atom. The van der Waals surface area contributed by atoms with Crippen molar-refractivity contribution in [1.82, 2.24) is 19.9 Å². The quantitative estimate of drug-likeness (QED) is 0.710. The van der Waals surface area contributed by atoms with Crippen LogP contribution >= 0.6 is 0 Å².